The lowest BCUT2D eigenvalue weighted by Crippen LogP contribution is -2.22. The van der Waals surface area contributed by atoms with Gasteiger partial charge in [0.1, 0.15) is 0 Å². The number of amides is 1. The molecule has 0 radical (unpaired) electrons. The molecule has 1 aliphatic rings. The number of aliphatic hydroxyl groups is 1. The highest BCUT2D eigenvalue weighted by molar-refractivity contribution is 5.78. The van der Waals surface area contributed by atoms with Crippen molar-refractivity contribution in [2.45, 2.75) is 18.9 Å². The predicted octanol–water partition coefficient (Wildman–Crippen LogP) is -0.612. The highest BCUT2D eigenvalue weighted by Crippen LogP contribution is 2.05. The van der Waals surface area contributed by atoms with E-state index < -0.39 is 0 Å². The van der Waals surface area contributed by atoms with Crippen molar-refractivity contribution < 1.29 is 9.90 Å². The molecule has 4 heteroatoms. The van der Waals surface area contributed by atoms with E-state index in [9.17, 15) is 4.79 Å². The number of nitrogens with two attached hydrogens (primary N) is 1. The molecule has 12 heavy (non-hydrogen) atoms. The van der Waals surface area contributed by atoms with Crippen molar-refractivity contribution >= 4 is 5.91 Å². The topological polar surface area (TPSA) is 75.4 Å². The molecule has 0 aliphatic carbocycles. The maximum atomic E-state index is 10.5. The third-order valence-corrected chi connectivity index (χ3v) is 1.44. The van der Waals surface area contributed by atoms with Crippen LogP contribution in [0.2, 0.25) is 0 Å². The number of carbonyl (C=O) groups excluding carboxylic acids is 1. The minimum Gasteiger partial charge on any atom is -0.395 e. The van der Waals surface area contributed by atoms with E-state index in [-0.39, 0.29) is 18.6 Å². The third kappa shape index (κ3) is 4.87. The van der Waals surface area contributed by atoms with Crippen LogP contribution >= 0.6 is 0 Å². The summed E-state index contributed by atoms with van der Waals surface area (Å²) in [4.78, 5) is 10.5. The predicted molar refractivity (Wildman–Crippen MR) is 47.5 cm³/mol. The van der Waals surface area contributed by atoms with Gasteiger partial charge in [0.2, 0.25) is 5.91 Å². The standard InChI is InChI=1S/C6H9NO.C2H7NO/c1-2-5-3-4-6(8)7-5;3-1-2-4/h2,5H,1,3-4H2,(H,7,8);4H,1-3H2. The van der Waals surface area contributed by atoms with Gasteiger partial charge in [0, 0.05) is 19.0 Å². The molecule has 70 valence electrons. The first-order valence-corrected chi connectivity index (χ1v) is 3.97. The van der Waals surface area contributed by atoms with E-state index in [2.05, 4.69) is 11.9 Å². The van der Waals surface area contributed by atoms with Crippen molar-refractivity contribution in [1.82, 2.24) is 5.32 Å². The van der Waals surface area contributed by atoms with E-state index in [4.69, 9.17) is 10.8 Å². The minimum atomic E-state index is 0.0972. The van der Waals surface area contributed by atoms with Crippen molar-refractivity contribution in [3.8, 4) is 0 Å². The zero-order valence-electron chi connectivity index (χ0n) is 7.12. The molecule has 4 N–H and O–H groups in total. The Morgan fingerprint density at radius 3 is 2.58 bits per heavy atom. The molecular formula is C8H16N2O2. The molecule has 1 heterocycles. The van der Waals surface area contributed by atoms with Crippen molar-refractivity contribution in [3.05, 3.63) is 12.7 Å². The Bertz CT molecular complexity index is 146. The van der Waals surface area contributed by atoms with Crippen molar-refractivity contribution in [3.63, 3.8) is 0 Å². The van der Waals surface area contributed by atoms with E-state index in [1.807, 2.05) is 0 Å². The van der Waals surface area contributed by atoms with E-state index in [0.29, 0.717) is 13.0 Å². The average Bonchev–Trinajstić information content (AvgIpc) is 2.52. The highest BCUT2D eigenvalue weighted by Gasteiger charge is 2.16. The second-order valence-electron chi connectivity index (χ2n) is 2.46. The fraction of sp³-hybridized carbons (Fsp3) is 0.625. The number of nitrogens with one attached hydrogen (secondary N) is 1. The summed E-state index contributed by atoms with van der Waals surface area (Å²) in [5.41, 5.74) is 4.78. The Balaban J connectivity index is 0.000000261. The van der Waals surface area contributed by atoms with Gasteiger partial charge >= 0.3 is 0 Å². The van der Waals surface area contributed by atoms with Gasteiger partial charge in [0.25, 0.3) is 0 Å². The molecule has 1 fully saturated rings. The molecule has 1 aliphatic heterocycles. The van der Waals surface area contributed by atoms with Gasteiger partial charge in [-0.15, -0.1) is 6.58 Å². The second-order valence-corrected chi connectivity index (χ2v) is 2.46. The molecule has 0 bridgehead atoms. The highest BCUT2D eigenvalue weighted by atomic mass is 16.3. The number of hydrogen-bond acceptors (Lipinski definition) is 3. The molecule has 1 saturated heterocycles. The lowest BCUT2D eigenvalue weighted by atomic mass is 10.2. The summed E-state index contributed by atoms with van der Waals surface area (Å²) in [7, 11) is 0. The summed E-state index contributed by atoms with van der Waals surface area (Å²) in [5, 5.41) is 10.5. The van der Waals surface area contributed by atoms with Crippen LogP contribution in [0, 0.1) is 0 Å². The van der Waals surface area contributed by atoms with Gasteiger partial charge in [-0.1, -0.05) is 6.08 Å². The molecule has 1 amide bonds. The number of aliphatic hydroxyl groups excluding tert-OH is 1. The third-order valence-electron chi connectivity index (χ3n) is 1.44. The van der Waals surface area contributed by atoms with E-state index in [1.54, 1.807) is 6.08 Å². The monoisotopic (exact) mass is 172 g/mol. The van der Waals surface area contributed by atoms with Crippen LogP contribution in [-0.4, -0.2) is 30.2 Å². The minimum absolute atomic E-state index is 0.0972. The first kappa shape index (κ1) is 11.1. The first-order chi connectivity index (χ1) is 5.74. The van der Waals surface area contributed by atoms with Crippen LogP contribution < -0.4 is 11.1 Å². The van der Waals surface area contributed by atoms with Crippen LogP contribution in [0.4, 0.5) is 0 Å². The number of rotatable bonds is 2. The quantitative estimate of drug-likeness (QED) is 0.486. The Morgan fingerprint density at radius 1 is 1.83 bits per heavy atom. The molecule has 4 nitrogen and oxygen atoms in total. The summed E-state index contributed by atoms with van der Waals surface area (Å²) in [5.74, 6) is 0.148. The summed E-state index contributed by atoms with van der Waals surface area (Å²) in [6.07, 6.45) is 3.35. The molecule has 0 aromatic rings. The largest absolute Gasteiger partial charge is 0.395 e. The molecular weight excluding hydrogens is 156 g/mol. The van der Waals surface area contributed by atoms with Gasteiger partial charge in [-0.25, -0.2) is 0 Å². The molecule has 0 spiro atoms. The average molecular weight is 172 g/mol. The van der Waals surface area contributed by atoms with Crippen molar-refractivity contribution in [2.75, 3.05) is 13.2 Å². The number of carbonyl (C=O) groups is 1. The van der Waals surface area contributed by atoms with Crippen molar-refractivity contribution in [2.24, 2.45) is 5.73 Å². The van der Waals surface area contributed by atoms with Gasteiger partial charge in [0.15, 0.2) is 0 Å². The van der Waals surface area contributed by atoms with Gasteiger partial charge in [-0.3, -0.25) is 4.79 Å². The Labute approximate surface area is 72.4 Å². The smallest absolute Gasteiger partial charge is 0.220 e. The molecule has 1 atom stereocenters. The summed E-state index contributed by atoms with van der Waals surface area (Å²) < 4.78 is 0. The maximum absolute atomic E-state index is 10.5. The van der Waals surface area contributed by atoms with Gasteiger partial charge in [-0.05, 0) is 6.42 Å². The zero-order valence-corrected chi connectivity index (χ0v) is 7.12. The second kappa shape index (κ2) is 6.82. The van der Waals surface area contributed by atoms with Crippen LogP contribution in [0.3, 0.4) is 0 Å². The first-order valence-electron chi connectivity index (χ1n) is 3.97. The lowest BCUT2D eigenvalue weighted by molar-refractivity contribution is -0.119. The van der Waals surface area contributed by atoms with Gasteiger partial charge in [0.05, 0.1) is 6.61 Å². The molecule has 0 aromatic carbocycles. The van der Waals surface area contributed by atoms with Crippen LogP contribution in [-0.2, 0) is 4.79 Å². The summed E-state index contributed by atoms with van der Waals surface area (Å²) in [6.45, 7) is 4.03. The molecule has 1 rings (SSSR count). The van der Waals surface area contributed by atoms with Gasteiger partial charge < -0.3 is 16.2 Å². The Hall–Kier alpha value is -0.870. The fourth-order valence-electron chi connectivity index (χ4n) is 0.814. The van der Waals surface area contributed by atoms with Crippen LogP contribution in [0.15, 0.2) is 12.7 Å². The van der Waals surface area contributed by atoms with Crippen LogP contribution in [0.25, 0.3) is 0 Å². The summed E-state index contributed by atoms with van der Waals surface area (Å²) in [6, 6.07) is 0.238. The summed E-state index contributed by atoms with van der Waals surface area (Å²) >= 11 is 0. The van der Waals surface area contributed by atoms with E-state index in [0.717, 1.165) is 6.42 Å². The van der Waals surface area contributed by atoms with Crippen molar-refractivity contribution in [1.29, 1.82) is 0 Å². The maximum Gasteiger partial charge on any atom is 0.220 e. The lowest BCUT2D eigenvalue weighted by Gasteiger charge is -1.98. The van der Waals surface area contributed by atoms with Crippen LogP contribution in [0.5, 0.6) is 0 Å². The fourth-order valence-corrected chi connectivity index (χ4v) is 0.814. The SMILES string of the molecule is C=CC1CCC(=O)N1.NCCO. The molecule has 0 saturated carbocycles. The normalized spacial score (nSPS) is 20.8. The number of hydrogen-bond donors (Lipinski definition) is 3. The van der Waals surface area contributed by atoms with E-state index >= 15 is 0 Å². The van der Waals surface area contributed by atoms with Crippen LogP contribution in [0.1, 0.15) is 12.8 Å². The van der Waals surface area contributed by atoms with Gasteiger partial charge in [-0.2, -0.15) is 0 Å². The molecule has 0 aromatic heterocycles. The Kier molecular flexibility index (Phi) is 6.32. The zero-order chi connectivity index (χ0) is 9.40. The van der Waals surface area contributed by atoms with E-state index in [1.165, 1.54) is 0 Å². The molecule has 1 unspecified atom stereocenters. The Morgan fingerprint density at radius 2 is 2.42 bits per heavy atom.